The Bertz CT molecular complexity index is 900. The summed E-state index contributed by atoms with van der Waals surface area (Å²) in [5, 5.41) is 15.0. The average Bonchev–Trinajstić information content (AvgIpc) is 3.31. The smallest absolute Gasteiger partial charge is 0.278 e. The molecule has 0 unspecified atom stereocenters. The maximum Gasteiger partial charge on any atom is 0.278 e. The molecule has 0 radical (unpaired) electrons. The van der Waals surface area contributed by atoms with E-state index >= 15 is 0 Å². The lowest BCUT2D eigenvalue weighted by Crippen LogP contribution is -2.27. The fourth-order valence-corrected chi connectivity index (χ4v) is 3.10. The Kier molecular flexibility index (Phi) is 5.88. The van der Waals surface area contributed by atoms with E-state index in [-0.39, 0.29) is 18.3 Å². The van der Waals surface area contributed by atoms with E-state index in [0.29, 0.717) is 17.6 Å². The van der Waals surface area contributed by atoms with E-state index in [1.54, 1.807) is 28.7 Å². The monoisotopic (exact) mass is 387 g/mol. The van der Waals surface area contributed by atoms with Gasteiger partial charge in [0.1, 0.15) is 0 Å². The van der Waals surface area contributed by atoms with Crippen LogP contribution < -0.4 is 10.6 Å². The molecule has 0 aliphatic carbocycles. The molecule has 0 spiro atoms. The normalized spacial score (nSPS) is 14.6. The van der Waals surface area contributed by atoms with Crippen LogP contribution in [0.5, 0.6) is 0 Å². The standard InChI is InChI=1S/C18H21N7O.ClH/c1-24-18(20-16(23-24)13-7-10-19-11-8-13)21-17(26)15-9-12-25(22-15)14-5-3-2-4-6-14;/h2-6,9,12-13,19H,7-8,10-11H2,1H3,(H,20,21,23,26);1H. The highest BCUT2D eigenvalue weighted by Gasteiger charge is 2.22. The number of carbonyl (C=O) groups excluding carboxylic acids is 1. The third-order valence-corrected chi connectivity index (χ3v) is 4.55. The van der Waals surface area contributed by atoms with Crippen molar-refractivity contribution in [3.8, 4) is 5.69 Å². The van der Waals surface area contributed by atoms with Crippen LogP contribution in [0.2, 0.25) is 0 Å². The Balaban J connectivity index is 0.00000210. The molecule has 142 valence electrons. The van der Waals surface area contributed by atoms with Gasteiger partial charge in [0.05, 0.1) is 5.69 Å². The van der Waals surface area contributed by atoms with Crippen molar-refractivity contribution in [3.05, 3.63) is 54.1 Å². The van der Waals surface area contributed by atoms with Crippen LogP contribution >= 0.6 is 12.4 Å². The second-order valence-corrected chi connectivity index (χ2v) is 6.38. The third kappa shape index (κ3) is 4.17. The number of aromatic nitrogens is 5. The fourth-order valence-electron chi connectivity index (χ4n) is 3.10. The van der Waals surface area contributed by atoms with Crippen LogP contribution in [0.3, 0.4) is 0 Å². The molecule has 9 heteroatoms. The van der Waals surface area contributed by atoms with Gasteiger partial charge in [0.15, 0.2) is 11.5 Å². The van der Waals surface area contributed by atoms with E-state index < -0.39 is 0 Å². The molecule has 2 aromatic heterocycles. The molecule has 1 aromatic carbocycles. The van der Waals surface area contributed by atoms with E-state index in [1.165, 1.54) is 0 Å². The van der Waals surface area contributed by atoms with E-state index in [0.717, 1.165) is 37.4 Å². The molecule has 1 aliphatic heterocycles. The summed E-state index contributed by atoms with van der Waals surface area (Å²) in [5.41, 5.74) is 1.23. The van der Waals surface area contributed by atoms with Crippen LogP contribution in [0, 0.1) is 0 Å². The number of hydrogen-bond donors (Lipinski definition) is 2. The number of hydrogen-bond acceptors (Lipinski definition) is 5. The van der Waals surface area contributed by atoms with Crippen LogP contribution in [-0.2, 0) is 7.05 Å². The van der Waals surface area contributed by atoms with Gasteiger partial charge in [0, 0.05) is 19.2 Å². The Morgan fingerprint density at radius 3 is 2.63 bits per heavy atom. The Morgan fingerprint density at radius 1 is 1.15 bits per heavy atom. The van der Waals surface area contributed by atoms with Crippen molar-refractivity contribution in [1.29, 1.82) is 0 Å². The molecule has 0 bridgehead atoms. The first kappa shape index (κ1) is 19.1. The van der Waals surface area contributed by atoms with E-state index in [4.69, 9.17) is 0 Å². The molecule has 1 fully saturated rings. The molecule has 0 atom stereocenters. The highest BCUT2D eigenvalue weighted by atomic mass is 35.5. The lowest BCUT2D eigenvalue weighted by Gasteiger charge is -2.19. The van der Waals surface area contributed by atoms with Crippen molar-refractivity contribution in [2.45, 2.75) is 18.8 Å². The number of para-hydroxylation sites is 1. The van der Waals surface area contributed by atoms with Gasteiger partial charge < -0.3 is 5.32 Å². The quantitative estimate of drug-likeness (QED) is 0.715. The summed E-state index contributed by atoms with van der Waals surface area (Å²) in [5.74, 6) is 1.27. The molecule has 2 N–H and O–H groups in total. The van der Waals surface area contributed by atoms with Gasteiger partial charge in [-0.3, -0.25) is 10.1 Å². The zero-order chi connectivity index (χ0) is 17.9. The van der Waals surface area contributed by atoms with Crippen molar-refractivity contribution in [2.75, 3.05) is 18.4 Å². The van der Waals surface area contributed by atoms with Crippen LogP contribution in [0.25, 0.3) is 5.69 Å². The molecule has 3 aromatic rings. The van der Waals surface area contributed by atoms with Gasteiger partial charge in [-0.15, -0.1) is 12.4 Å². The molecule has 27 heavy (non-hydrogen) atoms. The molecular weight excluding hydrogens is 366 g/mol. The van der Waals surface area contributed by atoms with Crippen molar-refractivity contribution < 1.29 is 4.79 Å². The van der Waals surface area contributed by atoms with Crippen LogP contribution in [0.15, 0.2) is 42.6 Å². The first-order valence-corrected chi connectivity index (χ1v) is 8.75. The SMILES string of the molecule is Cl.Cn1nc(C2CCNCC2)nc1NC(=O)c1ccn(-c2ccccc2)n1. The topological polar surface area (TPSA) is 89.7 Å². The Hall–Kier alpha value is -2.71. The molecule has 4 rings (SSSR count). The second-order valence-electron chi connectivity index (χ2n) is 6.38. The molecule has 1 amide bonds. The van der Waals surface area contributed by atoms with Gasteiger partial charge in [-0.2, -0.15) is 15.2 Å². The summed E-state index contributed by atoms with van der Waals surface area (Å²) >= 11 is 0. The summed E-state index contributed by atoms with van der Waals surface area (Å²) in [6.07, 6.45) is 3.79. The number of benzene rings is 1. The zero-order valence-electron chi connectivity index (χ0n) is 15.0. The maximum atomic E-state index is 12.5. The fraction of sp³-hybridized carbons (Fsp3) is 0.333. The molecular formula is C18H22ClN7O. The number of carbonyl (C=O) groups is 1. The Morgan fingerprint density at radius 2 is 1.89 bits per heavy atom. The van der Waals surface area contributed by atoms with Gasteiger partial charge in [-0.1, -0.05) is 18.2 Å². The van der Waals surface area contributed by atoms with Crippen molar-refractivity contribution in [2.24, 2.45) is 7.05 Å². The summed E-state index contributed by atoms with van der Waals surface area (Å²) in [6, 6.07) is 11.4. The molecule has 8 nitrogen and oxygen atoms in total. The number of halogens is 1. The van der Waals surface area contributed by atoms with E-state index in [1.807, 2.05) is 30.3 Å². The zero-order valence-corrected chi connectivity index (χ0v) is 15.8. The highest BCUT2D eigenvalue weighted by molar-refractivity contribution is 6.01. The van der Waals surface area contributed by atoms with Crippen LogP contribution in [0.4, 0.5) is 5.95 Å². The number of nitrogens with zero attached hydrogens (tertiary/aromatic N) is 5. The average molecular weight is 388 g/mol. The minimum Gasteiger partial charge on any atom is -0.317 e. The number of amides is 1. The van der Waals surface area contributed by atoms with Gasteiger partial charge in [-0.05, 0) is 44.1 Å². The van der Waals surface area contributed by atoms with Crippen molar-refractivity contribution in [3.63, 3.8) is 0 Å². The van der Waals surface area contributed by atoms with Crippen molar-refractivity contribution in [1.82, 2.24) is 29.9 Å². The maximum absolute atomic E-state index is 12.5. The number of piperidine rings is 1. The summed E-state index contributed by atoms with van der Waals surface area (Å²) in [6.45, 7) is 1.95. The number of rotatable bonds is 4. The lowest BCUT2D eigenvalue weighted by atomic mass is 9.98. The first-order chi connectivity index (χ1) is 12.7. The predicted octanol–water partition coefficient (Wildman–Crippen LogP) is 2.14. The van der Waals surface area contributed by atoms with Gasteiger partial charge in [0.25, 0.3) is 5.91 Å². The van der Waals surface area contributed by atoms with E-state index in [9.17, 15) is 4.79 Å². The van der Waals surface area contributed by atoms with Gasteiger partial charge in [-0.25, -0.2) is 9.36 Å². The van der Waals surface area contributed by atoms with E-state index in [2.05, 4.69) is 25.8 Å². The van der Waals surface area contributed by atoms with Crippen molar-refractivity contribution >= 4 is 24.3 Å². The molecule has 1 saturated heterocycles. The number of aryl methyl sites for hydroxylation is 1. The van der Waals surface area contributed by atoms with Gasteiger partial charge in [0.2, 0.25) is 5.95 Å². The predicted molar refractivity (Wildman–Crippen MR) is 105 cm³/mol. The lowest BCUT2D eigenvalue weighted by molar-refractivity contribution is 0.102. The largest absolute Gasteiger partial charge is 0.317 e. The third-order valence-electron chi connectivity index (χ3n) is 4.55. The number of nitrogens with one attached hydrogen (secondary N) is 2. The highest BCUT2D eigenvalue weighted by Crippen LogP contribution is 2.23. The van der Waals surface area contributed by atoms with Crippen LogP contribution in [-0.4, -0.2) is 43.5 Å². The molecule has 0 saturated carbocycles. The summed E-state index contributed by atoms with van der Waals surface area (Å²) in [4.78, 5) is 17.0. The number of anilines is 1. The summed E-state index contributed by atoms with van der Waals surface area (Å²) < 4.78 is 3.29. The van der Waals surface area contributed by atoms with Gasteiger partial charge >= 0.3 is 0 Å². The van der Waals surface area contributed by atoms with Crippen LogP contribution in [0.1, 0.15) is 35.1 Å². The minimum atomic E-state index is -0.299. The molecule has 3 heterocycles. The summed E-state index contributed by atoms with van der Waals surface area (Å²) in [7, 11) is 1.79. The molecule has 1 aliphatic rings. The first-order valence-electron chi connectivity index (χ1n) is 8.75. The Labute approximate surface area is 163 Å². The minimum absolute atomic E-state index is 0. The second kappa shape index (κ2) is 8.32.